The van der Waals surface area contributed by atoms with Gasteiger partial charge in [0.05, 0.1) is 6.04 Å². The van der Waals surface area contributed by atoms with Crippen molar-refractivity contribution in [2.45, 2.75) is 52.1 Å². The molecule has 1 saturated carbocycles. The first-order valence-corrected chi connectivity index (χ1v) is 6.03. The lowest BCUT2D eigenvalue weighted by atomic mass is 9.86. The number of rotatable bonds is 3. The minimum absolute atomic E-state index is 0.0992. The highest BCUT2D eigenvalue weighted by atomic mass is 16.3. The Morgan fingerprint density at radius 1 is 1.50 bits per heavy atom. The van der Waals surface area contributed by atoms with Crippen LogP contribution in [0.3, 0.4) is 0 Å². The molecular formula is C12H24N2O2. The van der Waals surface area contributed by atoms with Crippen LogP contribution >= 0.6 is 0 Å². The van der Waals surface area contributed by atoms with Gasteiger partial charge in [-0.15, -0.1) is 0 Å². The van der Waals surface area contributed by atoms with Crippen LogP contribution in [0.2, 0.25) is 0 Å². The Morgan fingerprint density at radius 3 is 2.62 bits per heavy atom. The molecule has 1 rings (SSSR count). The molecule has 0 aromatic rings. The minimum atomic E-state index is -0.493. The van der Waals surface area contributed by atoms with Crippen LogP contribution in [0.1, 0.15) is 40.0 Å². The number of carbonyl (C=O) groups excluding carboxylic acids is 1. The van der Waals surface area contributed by atoms with E-state index in [4.69, 9.17) is 10.8 Å². The van der Waals surface area contributed by atoms with Crippen molar-refractivity contribution in [3.63, 3.8) is 0 Å². The van der Waals surface area contributed by atoms with Crippen LogP contribution in [0.15, 0.2) is 0 Å². The first-order chi connectivity index (χ1) is 7.36. The summed E-state index contributed by atoms with van der Waals surface area (Å²) in [5.41, 5.74) is 5.66. The monoisotopic (exact) mass is 228 g/mol. The van der Waals surface area contributed by atoms with Crippen molar-refractivity contribution in [2.24, 2.45) is 17.1 Å². The number of hydrogen-bond donors (Lipinski definition) is 3. The molecule has 0 aromatic carbocycles. The number of nitrogens with two attached hydrogens (primary N) is 1. The molecule has 0 bridgehead atoms. The van der Waals surface area contributed by atoms with Crippen molar-refractivity contribution in [3.8, 4) is 0 Å². The molecule has 1 fully saturated rings. The van der Waals surface area contributed by atoms with Gasteiger partial charge < -0.3 is 16.2 Å². The lowest BCUT2D eigenvalue weighted by Crippen LogP contribution is -2.52. The van der Waals surface area contributed by atoms with E-state index < -0.39 is 6.04 Å². The van der Waals surface area contributed by atoms with Crippen molar-refractivity contribution >= 4 is 5.91 Å². The zero-order valence-electron chi connectivity index (χ0n) is 10.5. The van der Waals surface area contributed by atoms with E-state index >= 15 is 0 Å². The molecule has 0 aromatic heterocycles. The quantitative estimate of drug-likeness (QED) is 0.663. The Labute approximate surface area is 97.6 Å². The normalized spacial score (nSPS) is 27.8. The van der Waals surface area contributed by atoms with Gasteiger partial charge in [-0.1, -0.05) is 27.2 Å². The number of nitrogens with one attached hydrogen (secondary N) is 1. The van der Waals surface area contributed by atoms with Gasteiger partial charge in [-0.3, -0.25) is 4.79 Å². The molecule has 4 heteroatoms. The molecule has 1 amide bonds. The lowest BCUT2D eigenvalue weighted by molar-refractivity contribution is -0.125. The molecule has 1 aliphatic carbocycles. The summed E-state index contributed by atoms with van der Waals surface area (Å²) in [4.78, 5) is 11.9. The second kappa shape index (κ2) is 5.15. The molecule has 0 spiro atoms. The largest absolute Gasteiger partial charge is 0.396 e. The van der Waals surface area contributed by atoms with Crippen LogP contribution in [0.25, 0.3) is 0 Å². The number of aliphatic hydroxyl groups is 1. The minimum Gasteiger partial charge on any atom is -0.396 e. The number of aliphatic hydroxyl groups excluding tert-OH is 1. The van der Waals surface area contributed by atoms with Gasteiger partial charge >= 0.3 is 0 Å². The average Bonchev–Trinajstić information content (AvgIpc) is 2.62. The van der Waals surface area contributed by atoms with Crippen LogP contribution in [-0.4, -0.2) is 29.7 Å². The van der Waals surface area contributed by atoms with Gasteiger partial charge in [0.25, 0.3) is 0 Å². The maximum atomic E-state index is 11.9. The molecule has 0 radical (unpaired) electrons. The molecule has 4 nitrogen and oxygen atoms in total. The van der Waals surface area contributed by atoms with Gasteiger partial charge in [-0.05, 0) is 18.3 Å². The Kier molecular flexibility index (Phi) is 4.33. The summed E-state index contributed by atoms with van der Waals surface area (Å²) in [5, 5.41) is 12.1. The topological polar surface area (TPSA) is 75.4 Å². The smallest absolute Gasteiger partial charge is 0.237 e. The number of amides is 1. The highest BCUT2D eigenvalue weighted by Gasteiger charge is 2.32. The fraction of sp³-hybridized carbons (Fsp3) is 0.917. The third-order valence-corrected chi connectivity index (χ3v) is 3.44. The van der Waals surface area contributed by atoms with Crippen LogP contribution in [0.4, 0.5) is 0 Å². The third-order valence-electron chi connectivity index (χ3n) is 3.44. The van der Waals surface area contributed by atoms with Crippen LogP contribution in [0.5, 0.6) is 0 Å². The van der Waals surface area contributed by atoms with Crippen molar-refractivity contribution in [2.75, 3.05) is 6.61 Å². The Morgan fingerprint density at radius 2 is 2.12 bits per heavy atom. The summed E-state index contributed by atoms with van der Waals surface area (Å²) in [7, 11) is 0. The summed E-state index contributed by atoms with van der Waals surface area (Å²) >= 11 is 0. The summed E-state index contributed by atoms with van der Waals surface area (Å²) in [6, 6.07) is -0.390. The highest BCUT2D eigenvalue weighted by molar-refractivity contribution is 5.82. The van der Waals surface area contributed by atoms with Gasteiger partial charge in [0.1, 0.15) is 0 Å². The van der Waals surface area contributed by atoms with Gasteiger partial charge in [0.15, 0.2) is 0 Å². The van der Waals surface area contributed by atoms with Crippen LogP contribution in [-0.2, 0) is 4.79 Å². The second-order valence-corrected chi connectivity index (χ2v) is 5.83. The van der Waals surface area contributed by atoms with Crippen molar-refractivity contribution < 1.29 is 9.90 Å². The SMILES string of the molecule is CC(C)(C)[C@H](N)C(=O)NC1CCCC1CO. The molecule has 1 aliphatic rings. The van der Waals surface area contributed by atoms with Gasteiger partial charge in [0.2, 0.25) is 5.91 Å². The number of carbonyl (C=O) groups is 1. The fourth-order valence-electron chi connectivity index (χ4n) is 2.11. The van der Waals surface area contributed by atoms with E-state index in [1.165, 1.54) is 0 Å². The molecular weight excluding hydrogens is 204 g/mol. The molecule has 94 valence electrons. The number of hydrogen-bond acceptors (Lipinski definition) is 3. The molecule has 4 N–H and O–H groups in total. The maximum Gasteiger partial charge on any atom is 0.237 e. The van der Waals surface area contributed by atoms with E-state index in [1.54, 1.807) is 0 Å². The van der Waals surface area contributed by atoms with Crippen LogP contribution in [0, 0.1) is 11.3 Å². The second-order valence-electron chi connectivity index (χ2n) is 5.83. The lowest BCUT2D eigenvalue weighted by Gasteiger charge is -2.28. The van der Waals surface area contributed by atoms with Gasteiger partial charge in [0, 0.05) is 18.6 Å². The standard InChI is InChI=1S/C12H24N2O2/c1-12(2,3)10(13)11(16)14-9-6-4-5-8(9)7-15/h8-10,15H,4-7,13H2,1-3H3,(H,14,16)/t8?,9?,10-/m1/s1. The van der Waals surface area contributed by atoms with E-state index in [1.807, 2.05) is 20.8 Å². The molecule has 0 aliphatic heterocycles. The van der Waals surface area contributed by atoms with E-state index in [2.05, 4.69) is 5.32 Å². The van der Waals surface area contributed by atoms with E-state index in [0.29, 0.717) is 0 Å². The summed E-state index contributed by atoms with van der Waals surface area (Å²) in [5.74, 6) is 0.106. The molecule has 3 atom stereocenters. The van der Waals surface area contributed by atoms with E-state index in [9.17, 15) is 4.79 Å². The maximum absolute atomic E-state index is 11.9. The zero-order valence-corrected chi connectivity index (χ0v) is 10.5. The molecule has 2 unspecified atom stereocenters. The molecule has 0 heterocycles. The highest BCUT2D eigenvalue weighted by Crippen LogP contribution is 2.26. The van der Waals surface area contributed by atoms with Crippen molar-refractivity contribution in [1.82, 2.24) is 5.32 Å². The first-order valence-electron chi connectivity index (χ1n) is 6.03. The van der Waals surface area contributed by atoms with Gasteiger partial charge in [-0.25, -0.2) is 0 Å². The van der Waals surface area contributed by atoms with Crippen molar-refractivity contribution in [1.29, 1.82) is 0 Å². The molecule has 16 heavy (non-hydrogen) atoms. The van der Waals surface area contributed by atoms with Crippen molar-refractivity contribution in [3.05, 3.63) is 0 Å². The summed E-state index contributed by atoms with van der Waals surface area (Å²) in [6.45, 7) is 6.01. The first kappa shape index (κ1) is 13.5. The fourth-order valence-corrected chi connectivity index (χ4v) is 2.11. The zero-order chi connectivity index (χ0) is 12.3. The van der Waals surface area contributed by atoms with Gasteiger partial charge in [-0.2, -0.15) is 0 Å². The summed E-state index contributed by atoms with van der Waals surface area (Å²) < 4.78 is 0. The molecule has 0 saturated heterocycles. The van der Waals surface area contributed by atoms with E-state index in [0.717, 1.165) is 19.3 Å². The Balaban J connectivity index is 2.51. The van der Waals surface area contributed by atoms with Crippen LogP contribution < -0.4 is 11.1 Å². The Bertz CT molecular complexity index is 248. The average molecular weight is 228 g/mol. The van der Waals surface area contributed by atoms with E-state index in [-0.39, 0.29) is 29.9 Å². The predicted molar refractivity (Wildman–Crippen MR) is 63.8 cm³/mol. The Hall–Kier alpha value is -0.610. The predicted octanol–water partition coefficient (Wildman–Crippen LogP) is 0.637. The summed E-state index contributed by atoms with van der Waals surface area (Å²) in [6.07, 6.45) is 3.01. The third kappa shape index (κ3) is 3.19.